The number of carbonyl (C=O) groups is 1. The fraction of sp³-hybridized carbons (Fsp3) is 0.500. The van der Waals surface area contributed by atoms with Crippen LogP contribution >= 0.6 is 0 Å². The smallest absolute Gasteiger partial charge is 0.341 e. The van der Waals surface area contributed by atoms with Crippen molar-refractivity contribution in [2.45, 2.75) is 19.1 Å². The summed E-state index contributed by atoms with van der Waals surface area (Å²) in [5.74, 6) is 0.411. The average Bonchev–Trinajstić information content (AvgIpc) is 2.33. The lowest BCUT2D eigenvalue weighted by Gasteiger charge is -2.28. The Bertz CT molecular complexity index is 466. The number of hydrogen-bond donors (Lipinski definition) is 1. The quantitative estimate of drug-likeness (QED) is 0.921. The van der Waals surface area contributed by atoms with Crippen LogP contribution in [0.15, 0.2) is 24.3 Å². The van der Waals surface area contributed by atoms with Crippen LogP contribution in [-0.4, -0.2) is 30.9 Å². The molecule has 1 heterocycles. The van der Waals surface area contributed by atoms with Gasteiger partial charge < -0.3 is 10.2 Å². The molecule has 20 heavy (non-hydrogen) atoms. The fourth-order valence-electron chi connectivity index (χ4n) is 2.06. The second-order valence-electron chi connectivity index (χ2n) is 5.17. The van der Waals surface area contributed by atoms with E-state index in [4.69, 9.17) is 0 Å². The summed E-state index contributed by atoms with van der Waals surface area (Å²) < 4.78 is 37.3. The van der Waals surface area contributed by atoms with Crippen LogP contribution < -0.4 is 5.32 Å². The van der Waals surface area contributed by atoms with Crippen LogP contribution in [-0.2, 0) is 17.5 Å². The molecule has 110 valence electrons. The number of halogens is 3. The first kappa shape index (κ1) is 14.8. The monoisotopic (exact) mass is 286 g/mol. The van der Waals surface area contributed by atoms with Crippen LogP contribution in [0.4, 0.5) is 13.2 Å². The van der Waals surface area contributed by atoms with Crippen LogP contribution in [0.2, 0.25) is 0 Å². The Balaban J connectivity index is 1.90. The maximum atomic E-state index is 12.4. The van der Waals surface area contributed by atoms with E-state index in [1.165, 1.54) is 12.1 Å². The molecule has 1 aromatic carbocycles. The molecule has 0 aliphatic carbocycles. The summed E-state index contributed by atoms with van der Waals surface area (Å²) in [7, 11) is 1.67. The van der Waals surface area contributed by atoms with E-state index in [0.717, 1.165) is 25.2 Å². The molecule has 0 unspecified atom stereocenters. The first-order chi connectivity index (χ1) is 9.36. The third-order valence-electron chi connectivity index (χ3n) is 3.46. The summed E-state index contributed by atoms with van der Waals surface area (Å²) in [5.41, 5.74) is 0.0244. The van der Waals surface area contributed by atoms with Crippen molar-refractivity contribution in [1.29, 1.82) is 0 Å². The van der Waals surface area contributed by atoms with Gasteiger partial charge >= 0.3 is 6.18 Å². The zero-order chi connectivity index (χ0) is 14.8. The van der Waals surface area contributed by atoms with Gasteiger partial charge in [-0.15, -0.1) is 0 Å². The van der Waals surface area contributed by atoms with Gasteiger partial charge in [-0.1, -0.05) is 12.1 Å². The fourth-order valence-corrected chi connectivity index (χ4v) is 2.06. The number of alkyl halides is 3. The lowest BCUT2D eigenvalue weighted by Crippen LogP contribution is -2.44. The van der Waals surface area contributed by atoms with E-state index in [1.54, 1.807) is 11.9 Å². The predicted molar refractivity (Wildman–Crippen MR) is 68.9 cm³/mol. The first-order valence-electron chi connectivity index (χ1n) is 6.47. The number of benzene rings is 1. The summed E-state index contributed by atoms with van der Waals surface area (Å²) in [6.45, 7) is 2.05. The molecule has 1 aliphatic heterocycles. The highest BCUT2D eigenvalue weighted by Crippen LogP contribution is 2.29. The molecular weight excluding hydrogens is 269 g/mol. The van der Waals surface area contributed by atoms with Gasteiger partial charge in [-0.25, -0.2) is 0 Å². The van der Waals surface area contributed by atoms with E-state index in [1.807, 2.05) is 0 Å². The number of nitrogens with one attached hydrogen (secondary N) is 1. The van der Waals surface area contributed by atoms with Crippen LogP contribution in [0.1, 0.15) is 17.5 Å². The van der Waals surface area contributed by atoms with Gasteiger partial charge in [0, 0.05) is 20.0 Å². The van der Waals surface area contributed by atoms with Crippen LogP contribution in [0.25, 0.3) is 0 Å². The molecule has 1 saturated heterocycles. The van der Waals surface area contributed by atoms with Crippen LogP contribution in [0.5, 0.6) is 0 Å². The number of amides is 1. The molecule has 0 saturated carbocycles. The Labute approximate surface area is 115 Å². The van der Waals surface area contributed by atoms with Crippen LogP contribution in [0.3, 0.4) is 0 Å². The topological polar surface area (TPSA) is 32.3 Å². The summed E-state index contributed by atoms with van der Waals surface area (Å²) in [5, 5.41) is 3.10. The molecule has 0 aromatic heterocycles. The molecule has 6 heteroatoms. The molecule has 1 aromatic rings. The second kappa shape index (κ2) is 5.83. The molecule has 2 rings (SSSR count). The zero-order valence-corrected chi connectivity index (χ0v) is 11.2. The molecule has 1 amide bonds. The standard InChI is InChI=1S/C14H17F3N2O/c1-19(13(20)6-11-7-18-8-11)9-10-2-4-12(5-3-10)14(15,16)17/h2-5,11,18H,6-9H2,1H3. The Hall–Kier alpha value is -1.56. The molecule has 0 bridgehead atoms. The number of carbonyl (C=O) groups excluding carboxylic acids is 1. The predicted octanol–water partition coefficient (Wildman–Crippen LogP) is 2.27. The molecule has 1 fully saturated rings. The van der Waals surface area contributed by atoms with E-state index in [2.05, 4.69) is 5.32 Å². The van der Waals surface area contributed by atoms with E-state index in [0.29, 0.717) is 24.4 Å². The van der Waals surface area contributed by atoms with Gasteiger partial charge in [0.25, 0.3) is 0 Å². The summed E-state index contributed by atoms with van der Waals surface area (Å²) in [6, 6.07) is 4.92. The number of nitrogens with zero attached hydrogens (tertiary/aromatic N) is 1. The molecule has 0 atom stereocenters. The van der Waals surface area contributed by atoms with Crippen molar-refractivity contribution in [3.05, 3.63) is 35.4 Å². The highest BCUT2D eigenvalue weighted by molar-refractivity contribution is 5.76. The highest BCUT2D eigenvalue weighted by atomic mass is 19.4. The third kappa shape index (κ3) is 3.72. The van der Waals surface area contributed by atoms with Crippen molar-refractivity contribution in [3.8, 4) is 0 Å². The Morgan fingerprint density at radius 3 is 2.35 bits per heavy atom. The second-order valence-corrected chi connectivity index (χ2v) is 5.17. The minimum Gasteiger partial charge on any atom is -0.341 e. The van der Waals surface area contributed by atoms with Gasteiger partial charge in [-0.2, -0.15) is 13.2 Å². The minimum atomic E-state index is -4.32. The van der Waals surface area contributed by atoms with Crippen LogP contribution in [0, 0.1) is 5.92 Å². The Kier molecular flexibility index (Phi) is 4.32. The van der Waals surface area contributed by atoms with Gasteiger partial charge in [0.05, 0.1) is 5.56 Å². The van der Waals surface area contributed by atoms with E-state index >= 15 is 0 Å². The van der Waals surface area contributed by atoms with Gasteiger partial charge in [-0.05, 0) is 36.7 Å². The lowest BCUT2D eigenvalue weighted by molar-refractivity contribution is -0.137. The molecule has 0 radical (unpaired) electrons. The maximum Gasteiger partial charge on any atom is 0.416 e. The van der Waals surface area contributed by atoms with Crippen molar-refractivity contribution >= 4 is 5.91 Å². The molecule has 1 N–H and O–H groups in total. The zero-order valence-electron chi connectivity index (χ0n) is 11.2. The third-order valence-corrected chi connectivity index (χ3v) is 3.46. The van der Waals surface area contributed by atoms with Gasteiger partial charge in [0.1, 0.15) is 0 Å². The van der Waals surface area contributed by atoms with E-state index < -0.39 is 11.7 Å². The summed E-state index contributed by atoms with van der Waals surface area (Å²) in [4.78, 5) is 13.5. The normalized spacial score (nSPS) is 15.8. The summed E-state index contributed by atoms with van der Waals surface area (Å²) in [6.07, 6.45) is -3.83. The number of rotatable bonds is 4. The highest BCUT2D eigenvalue weighted by Gasteiger charge is 2.30. The van der Waals surface area contributed by atoms with Crippen molar-refractivity contribution in [2.75, 3.05) is 20.1 Å². The lowest BCUT2D eigenvalue weighted by atomic mass is 9.98. The van der Waals surface area contributed by atoms with E-state index in [-0.39, 0.29) is 5.91 Å². The van der Waals surface area contributed by atoms with Crippen molar-refractivity contribution in [2.24, 2.45) is 5.92 Å². The number of hydrogen-bond acceptors (Lipinski definition) is 2. The van der Waals surface area contributed by atoms with Crippen molar-refractivity contribution in [3.63, 3.8) is 0 Å². The minimum absolute atomic E-state index is 0.0244. The SMILES string of the molecule is CN(Cc1ccc(C(F)(F)F)cc1)C(=O)CC1CNC1. The largest absolute Gasteiger partial charge is 0.416 e. The van der Waals surface area contributed by atoms with Gasteiger partial charge in [0.15, 0.2) is 0 Å². The van der Waals surface area contributed by atoms with Gasteiger partial charge in [-0.3, -0.25) is 4.79 Å². The summed E-state index contributed by atoms with van der Waals surface area (Å²) >= 11 is 0. The average molecular weight is 286 g/mol. The molecule has 1 aliphatic rings. The Morgan fingerprint density at radius 1 is 1.30 bits per heavy atom. The molecule has 3 nitrogen and oxygen atoms in total. The first-order valence-corrected chi connectivity index (χ1v) is 6.47. The maximum absolute atomic E-state index is 12.4. The molecular formula is C14H17F3N2O. The van der Waals surface area contributed by atoms with Gasteiger partial charge in [0.2, 0.25) is 5.91 Å². The van der Waals surface area contributed by atoms with Crippen molar-refractivity contribution in [1.82, 2.24) is 10.2 Å². The molecule has 0 spiro atoms. The Morgan fingerprint density at radius 2 is 1.90 bits per heavy atom. The van der Waals surface area contributed by atoms with Crippen molar-refractivity contribution < 1.29 is 18.0 Å². The van der Waals surface area contributed by atoms with E-state index in [9.17, 15) is 18.0 Å².